The van der Waals surface area contributed by atoms with E-state index in [1.165, 1.54) is 6.26 Å². The third kappa shape index (κ3) is 4.16. The van der Waals surface area contributed by atoms with Gasteiger partial charge in [0.15, 0.2) is 11.5 Å². The van der Waals surface area contributed by atoms with Gasteiger partial charge in [-0.15, -0.1) is 0 Å². The van der Waals surface area contributed by atoms with Gasteiger partial charge in [0.1, 0.15) is 22.1 Å². The Bertz CT molecular complexity index is 879. The summed E-state index contributed by atoms with van der Waals surface area (Å²) in [7, 11) is 0.580. The molecule has 1 fully saturated rings. The Balaban J connectivity index is 1.79. The number of hydrogen-bond donors (Lipinski definition) is 2. The van der Waals surface area contributed by atoms with Crippen LogP contribution in [0.3, 0.4) is 0 Å². The summed E-state index contributed by atoms with van der Waals surface area (Å²) in [6, 6.07) is 3.78. The van der Waals surface area contributed by atoms with E-state index in [9.17, 15) is 4.21 Å². The zero-order valence-electron chi connectivity index (χ0n) is 15.3. The minimum Gasteiger partial charge on any atom is -0.493 e. The smallest absolute Gasteiger partial charge is 0.162 e. The Morgan fingerprint density at radius 3 is 2.50 bits per heavy atom. The monoisotopic (exact) mass is 379 g/mol. The lowest BCUT2D eigenvalue weighted by molar-refractivity contribution is 0.355. The molecule has 2 aromatic rings. The predicted octanol–water partition coefficient (Wildman–Crippen LogP) is 2.04. The standard InChI is InChI=1S/C17H25N5O3S/c1-24-15-8-13-14(9-16(15)25-2)19-11-20-17(13)22-6-4-12(5-7-22)10-21-26(3,18)23/h8-9,11-12H,4-7,10H2,1-3H3,(H2,18,21,23)/t26-/m0/s1. The summed E-state index contributed by atoms with van der Waals surface area (Å²) in [5.41, 5.74) is 0.816. The Morgan fingerprint density at radius 1 is 1.23 bits per heavy atom. The lowest BCUT2D eigenvalue weighted by atomic mass is 9.97. The van der Waals surface area contributed by atoms with Gasteiger partial charge in [-0.1, -0.05) is 0 Å². The second-order valence-electron chi connectivity index (χ2n) is 6.54. The highest BCUT2D eigenvalue weighted by molar-refractivity contribution is 7.89. The minimum atomic E-state index is -2.64. The number of methoxy groups -OCH3 is 2. The van der Waals surface area contributed by atoms with Crippen LogP contribution in [0.4, 0.5) is 5.82 Å². The third-order valence-electron chi connectivity index (χ3n) is 4.68. The zero-order valence-corrected chi connectivity index (χ0v) is 16.1. The number of benzene rings is 1. The maximum absolute atomic E-state index is 11.5. The van der Waals surface area contributed by atoms with E-state index in [0.29, 0.717) is 24.0 Å². The van der Waals surface area contributed by atoms with Crippen molar-refractivity contribution in [1.82, 2.24) is 14.7 Å². The molecule has 1 aliphatic heterocycles. The number of piperidine rings is 1. The zero-order chi connectivity index (χ0) is 18.7. The number of ether oxygens (including phenoxy) is 2. The molecule has 0 aliphatic carbocycles. The Hall–Kier alpha value is -2.13. The van der Waals surface area contributed by atoms with Crippen LogP contribution in [0, 0.1) is 10.7 Å². The normalized spacial score (nSPS) is 17.9. The lowest BCUT2D eigenvalue weighted by Crippen LogP contribution is -2.38. The predicted molar refractivity (Wildman–Crippen MR) is 102 cm³/mol. The number of nitrogens with one attached hydrogen (secondary N) is 2. The molecule has 0 bridgehead atoms. The molecule has 9 heteroatoms. The van der Waals surface area contributed by atoms with E-state index in [2.05, 4.69) is 19.6 Å². The average molecular weight is 379 g/mol. The molecule has 2 heterocycles. The molecule has 1 atom stereocenters. The fourth-order valence-corrected chi connectivity index (χ4v) is 3.80. The van der Waals surface area contributed by atoms with Crippen LogP contribution in [0.2, 0.25) is 0 Å². The first-order valence-electron chi connectivity index (χ1n) is 8.51. The van der Waals surface area contributed by atoms with E-state index in [-0.39, 0.29) is 0 Å². The highest BCUT2D eigenvalue weighted by Crippen LogP contribution is 2.35. The molecular formula is C17H25N5O3S. The molecule has 1 aromatic heterocycles. The van der Waals surface area contributed by atoms with E-state index in [0.717, 1.165) is 42.7 Å². The highest BCUT2D eigenvalue weighted by Gasteiger charge is 2.22. The topological polar surface area (TPSA) is 100 Å². The van der Waals surface area contributed by atoms with Crippen molar-refractivity contribution in [2.24, 2.45) is 5.92 Å². The SMILES string of the molecule is COc1cc2ncnc(N3CCC(CN[S@](C)(=N)=O)CC3)c2cc1OC. The molecule has 142 valence electrons. The van der Waals surface area contributed by atoms with Crippen LogP contribution in [0.25, 0.3) is 10.9 Å². The number of hydrogen-bond acceptors (Lipinski definition) is 7. The average Bonchev–Trinajstić information content (AvgIpc) is 2.64. The molecule has 0 saturated carbocycles. The summed E-state index contributed by atoms with van der Waals surface area (Å²) in [6.07, 6.45) is 4.91. The molecule has 0 unspecified atom stereocenters. The molecule has 0 amide bonds. The number of aromatic nitrogens is 2. The molecule has 1 saturated heterocycles. The molecule has 26 heavy (non-hydrogen) atoms. The van der Waals surface area contributed by atoms with E-state index in [4.69, 9.17) is 14.3 Å². The maximum atomic E-state index is 11.5. The summed E-state index contributed by atoms with van der Waals surface area (Å²) >= 11 is 0. The van der Waals surface area contributed by atoms with Crippen LogP contribution in [0.5, 0.6) is 11.5 Å². The number of rotatable bonds is 6. The van der Waals surface area contributed by atoms with Crippen LogP contribution in [0.1, 0.15) is 12.8 Å². The molecule has 1 aromatic carbocycles. The van der Waals surface area contributed by atoms with Crippen LogP contribution >= 0.6 is 0 Å². The van der Waals surface area contributed by atoms with E-state index < -0.39 is 9.92 Å². The van der Waals surface area contributed by atoms with Crippen molar-refractivity contribution < 1.29 is 13.7 Å². The van der Waals surface area contributed by atoms with Gasteiger partial charge in [0.25, 0.3) is 0 Å². The lowest BCUT2D eigenvalue weighted by Gasteiger charge is -2.33. The molecule has 3 rings (SSSR count). The van der Waals surface area contributed by atoms with Gasteiger partial charge in [-0.05, 0) is 24.8 Å². The molecule has 8 nitrogen and oxygen atoms in total. The van der Waals surface area contributed by atoms with Gasteiger partial charge >= 0.3 is 0 Å². The number of anilines is 1. The number of fused-ring (bicyclic) bond motifs is 1. The second-order valence-corrected chi connectivity index (χ2v) is 8.52. The van der Waals surface area contributed by atoms with E-state index >= 15 is 0 Å². The van der Waals surface area contributed by atoms with Gasteiger partial charge < -0.3 is 14.4 Å². The molecule has 0 spiro atoms. The van der Waals surface area contributed by atoms with Gasteiger partial charge in [0, 0.05) is 37.3 Å². The summed E-state index contributed by atoms with van der Waals surface area (Å²) in [6.45, 7) is 2.33. The van der Waals surface area contributed by atoms with Crippen LogP contribution in [-0.2, 0) is 9.92 Å². The highest BCUT2D eigenvalue weighted by atomic mass is 32.2. The van der Waals surface area contributed by atoms with E-state index in [1.54, 1.807) is 20.5 Å². The van der Waals surface area contributed by atoms with Gasteiger partial charge in [-0.25, -0.2) is 23.7 Å². The van der Waals surface area contributed by atoms with Crippen molar-refractivity contribution in [2.75, 3.05) is 45.0 Å². The van der Waals surface area contributed by atoms with Crippen molar-refractivity contribution in [2.45, 2.75) is 12.8 Å². The van der Waals surface area contributed by atoms with Crippen molar-refractivity contribution in [3.05, 3.63) is 18.5 Å². The molecule has 2 N–H and O–H groups in total. The van der Waals surface area contributed by atoms with E-state index in [1.807, 2.05) is 12.1 Å². The first-order chi connectivity index (χ1) is 12.4. The Morgan fingerprint density at radius 2 is 1.88 bits per heavy atom. The van der Waals surface area contributed by atoms with Crippen LogP contribution < -0.4 is 19.1 Å². The third-order valence-corrected chi connectivity index (χ3v) is 5.40. The first-order valence-corrected chi connectivity index (χ1v) is 10.5. The summed E-state index contributed by atoms with van der Waals surface area (Å²) in [5, 5.41) is 0.935. The molecular weight excluding hydrogens is 354 g/mol. The first kappa shape index (κ1) is 18.7. The maximum Gasteiger partial charge on any atom is 0.162 e. The van der Waals surface area contributed by atoms with Gasteiger partial charge in [-0.3, -0.25) is 0 Å². The van der Waals surface area contributed by atoms with Crippen molar-refractivity contribution >= 4 is 26.6 Å². The minimum absolute atomic E-state index is 0.417. The van der Waals surface area contributed by atoms with Gasteiger partial charge in [-0.2, -0.15) is 0 Å². The van der Waals surface area contributed by atoms with Crippen molar-refractivity contribution in [3.63, 3.8) is 0 Å². The van der Waals surface area contributed by atoms with Crippen LogP contribution in [0.15, 0.2) is 18.5 Å². The molecule has 1 aliphatic rings. The summed E-state index contributed by atoms with van der Waals surface area (Å²) in [4.78, 5) is 11.1. The fourth-order valence-electron chi connectivity index (χ4n) is 3.25. The van der Waals surface area contributed by atoms with Gasteiger partial charge in [0.2, 0.25) is 0 Å². The molecule has 0 radical (unpaired) electrons. The summed E-state index contributed by atoms with van der Waals surface area (Å²) < 4.78 is 32.5. The Labute approximate surface area is 154 Å². The van der Waals surface area contributed by atoms with Crippen molar-refractivity contribution in [1.29, 1.82) is 4.78 Å². The van der Waals surface area contributed by atoms with Crippen LogP contribution in [-0.4, -0.2) is 54.3 Å². The summed E-state index contributed by atoms with van der Waals surface area (Å²) in [5.74, 6) is 2.61. The van der Waals surface area contributed by atoms with Gasteiger partial charge in [0.05, 0.1) is 19.7 Å². The number of nitrogens with zero attached hydrogens (tertiary/aromatic N) is 3. The fraction of sp³-hybridized carbons (Fsp3) is 0.529. The van der Waals surface area contributed by atoms with Crippen molar-refractivity contribution in [3.8, 4) is 11.5 Å². The second kappa shape index (κ2) is 7.63. The largest absolute Gasteiger partial charge is 0.493 e. The quantitative estimate of drug-likeness (QED) is 0.797. The Kier molecular flexibility index (Phi) is 5.47.